The minimum Gasteiger partial charge on any atom is -0.369 e. The van der Waals surface area contributed by atoms with Crippen LogP contribution in [0.2, 0.25) is 0 Å². The number of nitrogens with zero attached hydrogens (tertiary/aromatic N) is 1. The van der Waals surface area contributed by atoms with Gasteiger partial charge in [0.1, 0.15) is 5.82 Å². The second-order valence-electron chi connectivity index (χ2n) is 8.60. The van der Waals surface area contributed by atoms with Gasteiger partial charge in [-0.15, -0.1) is 0 Å². The van der Waals surface area contributed by atoms with Crippen LogP contribution in [0.25, 0.3) is 22.4 Å². The van der Waals surface area contributed by atoms with Crippen molar-refractivity contribution >= 4 is 16.7 Å². The Bertz CT molecular complexity index is 1070. The zero-order valence-corrected chi connectivity index (χ0v) is 17.6. The van der Waals surface area contributed by atoms with Crippen molar-refractivity contribution in [3.8, 4) is 11.4 Å². The Balaban J connectivity index is 1.26. The molecule has 2 aromatic carbocycles. The molecule has 5 N–H and O–H groups in total. The first-order valence-corrected chi connectivity index (χ1v) is 11.1. The van der Waals surface area contributed by atoms with Crippen molar-refractivity contribution in [2.45, 2.75) is 31.2 Å². The summed E-state index contributed by atoms with van der Waals surface area (Å²) in [6.07, 6.45) is -1.85. The van der Waals surface area contributed by atoms with Gasteiger partial charge in [0.25, 0.3) is 0 Å². The number of hydrogen-bond acceptors (Lipinski definition) is 5. The van der Waals surface area contributed by atoms with Crippen LogP contribution in [0.5, 0.6) is 0 Å². The van der Waals surface area contributed by atoms with E-state index in [0.29, 0.717) is 28.8 Å². The molecular formula is C23H27F3N6. The topological polar surface area (TPSA) is 76.8 Å². The molecule has 2 saturated heterocycles. The van der Waals surface area contributed by atoms with Crippen molar-refractivity contribution < 1.29 is 13.2 Å². The van der Waals surface area contributed by atoms with Gasteiger partial charge < -0.3 is 20.9 Å². The SMILES string of the molecule is FC(F)(F)c1ccc2nc(-c3cccc(NC4CNC(C5CCNCC5)CN4)c3)[nH]c2c1. The molecule has 170 valence electrons. The van der Waals surface area contributed by atoms with Gasteiger partial charge in [-0.1, -0.05) is 12.1 Å². The molecule has 0 saturated carbocycles. The normalized spacial score (nSPS) is 22.8. The standard InChI is InChI=1S/C23H27F3N6/c24-23(25,26)16-4-5-18-19(11-16)32-22(31-18)15-2-1-3-17(10-15)30-21-13-28-20(12-29-21)14-6-8-27-9-7-14/h1-5,10-11,14,20-21,27-30H,6-9,12-13H2,(H,31,32). The molecule has 0 amide bonds. The minimum absolute atomic E-state index is 0.105. The molecule has 9 heteroatoms. The first-order valence-electron chi connectivity index (χ1n) is 11.1. The van der Waals surface area contributed by atoms with E-state index < -0.39 is 11.7 Å². The summed E-state index contributed by atoms with van der Waals surface area (Å²) in [5.41, 5.74) is 1.94. The van der Waals surface area contributed by atoms with Gasteiger partial charge in [-0.05, 0) is 62.2 Å². The number of fused-ring (bicyclic) bond motifs is 1. The van der Waals surface area contributed by atoms with Gasteiger partial charge in [0, 0.05) is 30.4 Å². The number of piperazine rings is 1. The molecule has 6 nitrogen and oxygen atoms in total. The maximum Gasteiger partial charge on any atom is 0.416 e. The highest BCUT2D eigenvalue weighted by Crippen LogP contribution is 2.32. The molecule has 32 heavy (non-hydrogen) atoms. The van der Waals surface area contributed by atoms with Crippen LogP contribution in [0, 0.1) is 5.92 Å². The molecule has 2 fully saturated rings. The van der Waals surface area contributed by atoms with Crippen molar-refractivity contribution in [3.63, 3.8) is 0 Å². The van der Waals surface area contributed by atoms with E-state index in [2.05, 4.69) is 31.2 Å². The Labute approximate surface area is 184 Å². The molecule has 2 unspecified atom stereocenters. The molecule has 5 rings (SSSR count). The summed E-state index contributed by atoms with van der Waals surface area (Å²) >= 11 is 0. The monoisotopic (exact) mass is 444 g/mol. The van der Waals surface area contributed by atoms with Crippen molar-refractivity contribution in [2.24, 2.45) is 5.92 Å². The van der Waals surface area contributed by atoms with Crippen LogP contribution < -0.4 is 21.3 Å². The number of anilines is 1. The quantitative estimate of drug-likeness (QED) is 0.426. The molecule has 2 atom stereocenters. The maximum absolute atomic E-state index is 13.0. The minimum atomic E-state index is -4.38. The lowest BCUT2D eigenvalue weighted by Gasteiger charge is -2.38. The Kier molecular flexibility index (Phi) is 5.79. The highest BCUT2D eigenvalue weighted by Gasteiger charge is 2.31. The number of hydrogen-bond donors (Lipinski definition) is 5. The molecule has 0 spiro atoms. The predicted molar refractivity (Wildman–Crippen MR) is 119 cm³/mol. The average Bonchev–Trinajstić information content (AvgIpc) is 3.23. The second kappa shape index (κ2) is 8.73. The Morgan fingerprint density at radius 1 is 0.969 bits per heavy atom. The average molecular weight is 445 g/mol. The molecule has 0 radical (unpaired) electrons. The third kappa shape index (κ3) is 4.60. The summed E-state index contributed by atoms with van der Waals surface area (Å²) in [5, 5.41) is 14.2. The fourth-order valence-corrected chi connectivity index (χ4v) is 4.64. The number of piperidine rings is 1. The number of rotatable bonds is 4. The van der Waals surface area contributed by atoms with Crippen LogP contribution in [-0.2, 0) is 6.18 Å². The van der Waals surface area contributed by atoms with E-state index in [-0.39, 0.29) is 6.17 Å². The fraction of sp³-hybridized carbons (Fsp3) is 0.435. The number of alkyl halides is 3. The molecule has 3 heterocycles. The van der Waals surface area contributed by atoms with Crippen molar-refractivity contribution in [2.75, 3.05) is 31.5 Å². The van der Waals surface area contributed by atoms with Gasteiger partial charge >= 0.3 is 6.18 Å². The number of imidazole rings is 1. The Morgan fingerprint density at radius 2 is 1.81 bits per heavy atom. The first kappa shape index (κ1) is 21.2. The van der Waals surface area contributed by atoms with E-state index in [1.807, 2.05) is 24.3 Å². The van der Waals surface area contributed by atoms with Gasteiger partial charge in [-0.25, -0.2) is 4.98 Å². The zero-order chi connectivity index (χ0) is 22.1. The summed E-state index contributed by atoms with van der Waals surface area (Å²) in [6.45, 7) is 3.93. The molecule has 2 aliphatic rings. The summed E-state index contributed by atoms with van der Waals surface area (Å²) < 4.78 is 39.0. The Morgan fingerprint density at radius 3 is 2.56 bits per heavy atom. The summed E-state index contributed by atoms with van der Waals surface area (Å²) in [6, 6.07) is 11.8. The molecule has 1 aromatic heterocycles. The highest BCUT2D eigenvalue weighted by molar-refractivity contribution is 5.80. The molecule has 3 aromatic rings. The van der Waals surface area contributed by atoms with Gasteiger partial charge in [0.15, 0.2) is 0 Å². The third-order valence-corrected chi connectivity index (χ3v) is 6.41. The van der Waals surface area contributed by atoms with Crippen molar-refractivity contribution in [1.29, 1.82) is 0 Å². The van der Waals surface area contributed by atoms with E-state index in [9.17, 15) is 13.2 Å². The summed E-state index contributed by atoms with van der Waals surface area (Å²) in [4.78, 5) is 7.50. The third-order valence-electron chi connectivity index (χ3n) is 6.41. The van der Waals surface area contributed by atoms with Crippen LogP contribution >= 0.6 is 0 Å². The molecule has 2 aliphatic heterocycles. The maximum atomic E-state index is 13.0. The number of benzene rings is 2. The smallest absolute Gasteiger partial charge is 0.369 e. The number of halogens is 3. The highest BCUT2D eigenvalue weighted by atomic mass is 19.4. The van der Waals surface area contributed by atoms with E-state index in [1.54, 1.807) is 0 Å². The van der Waals surface area contributed by atoms with E-state index in [1.165, 1.54) is 18.9 Å². The number of aromatic nitrogens is 2. The van der Waals surface area contributed by atoms with Crippen LogP contribution in [0.4, 0.5) is 18.9 Å². The van der Waals surface area contributed by atoms with Crippen LogP contribution in [0.15, 0.2) is 42.5 Å². The van der Waals surface area contributed by atoms with E-state index >= 15 is 0 Å². The fourth-order valence-electron chi connectivity index (χ4n) is 4.64. The van der Waals surface area contributed by atoms with Crippen LogP contribution in [-0.4, -0.2) is 48.4 Å². The molecule has 0 aliphatic carbocycles. The summed E-state index contributed by atoms with van der Waals surface area (Å²) in [5.74, 6) is 1.25. The molecule has 0 bridgehead atoms. The van der Waals surface area contributed by atoms with Crippen LogP contribution in [0.3, 0.4) is 0 Å². The predicted octanol–water partition coefficient (Wildman–Crippen LogP) is 3.55. The second-order valence-corrected chi connectivity index (χ2v) is 8.60. The largest absolute Gasteiger partial charge is 0.416 e. The number of aromatic amines is 1. The van der Waals surface area contributed by atoms with Crippen molar-refractivity contribution in [1.82, 2.24) is 25.9 Å². The number of nitrogens with one attached hydrogen (secondary N) is 5. The molecular weight excluding hydrogens is 417 g/mol. The van der Waals surface area contributed by atoms with Gasteiger partial charge in [-0.2, -0.15) is 13.2 Å². The van der Waals surface area contributed by atoms with Gasteiger partial charge in [0.05, 0.1) is 22.8 Å². The lowest BCUT2D eigenvalue weighted by atomic mass is 9.89. The van der Waals surface area contributed by atoms with Crippen LogP contribution in [0.1, 0.15) is 18.4 Å². The van der Waals surface area contributed by atoms with E-state index in [0.717, 1.165) is 49.6 Å². The van der Waals surface area contributed by atoms with Gasteiger partial charge in [-0.3, -0.25) is 5.32 Å². The summed E-state index contributed by atoms with van der Waals surface area (Å²) in [7, 11) is 0. The Hall–Kier alpha value is -2.62. The zero-order valence-electron chi connectivity index (χ0n) is 17.6. The number of H-pyrrole nitrogens is 1. The first-order chi connectivity index (χ1) is 15.5. The van der Waals surface area contributed by atoms with E-state index in [4.69, 9.17) is 0 Å². The lowest BCUT2D eigenvalue weighted by molar-refractivity contribution is -0.137. The van der Waals surface area contributed by atoms with Crippen molar-refractivity contribution in [3.05, 3.63) is 48.0 Å². The lowest BCUT2D eigenvalue weighted by Crippen LogP contribution is -2.60. The van der Waals surface area contributed by atoms with Gasteiger partial charge in [0.2, 0.25) is 0 Å².